The predicted octanol–water partition coefficient (Wildman–Crippen LogP) is 4.20. The summed E-state index contributed by atoms with van der Waals surface area (Å²) in [5, 5.41) is 7.09. The number of amides is 1. The molecule has 0 bridgehead atoms. The molecular weight excluding hydrogens is 342 g/mol. The smallest absolute Gasteiger partial charge is 0.255 e. The number of anilines is 1. The van der Waals surface area contributed by atoms with Crippen LogP contribution in [0.1, 0.15) is 15.9 Å². The molecule has 1 heterocycles. The van der Waals surface area contributed by atoms with E-state index in [0.29, 0.717) is 5.56 Å². The summed E-state index contributed by atoms with van der Waals surface area (Å²) in [5.74, 6) is -0.127. The highest BCUT2D eigenvalue weighted by Gasteiger charge is 2.08. The fourth-order valence-corrected chi connectivity index (χ4v) is 2.62. The molecule has 1 amide bonds. The van der Waals surface area contributed by atoms with Crippen LogP contribution in [0.4, 0.5) is 5.69 Å². The number of hydrogen-bond donors (Lipinski definition) is 1. The topological polar surface area (TPSA) is 46.9 Å². The molecule has 1 aromatic heterocycles. The Bertz CT molecular complexity index is 795. The fourth-order valence-electron chi connectivity index (χ4n) is 2.15. The highest BCUT2D eigenvalue weighted by molar-refractivity contribution is 9.10. The zero-order valence-corrected chi connectivity index (χ0v) is 13.5. The summed E-state index contributed by atoms with van der Waals surface area (Å²) >= 11 is 3.41. The van der Waals surface area contributed by atoms with Crippen LogP contribution in [0.2, 0.25) is 0 Å². The second-order valence-corrected chi connectivity index (χ2v) is 5.83. The Hall–Kier alpha value is -2.40. The third-order valence-electron chi connectivity index (χ3n) is 3.34. The average Bonchev–Trinajstić information content (AvgIpc) is 3.04. The Labute approximate surface area is 136 Å². The second kappa shape index (κ2) is 6.15. The van der Waals surface area contributed by atoms with Gasteiger partial charge in [-0.05, 0) is 61.0 Å². The van der Waals surface area contributed by atoms with Crippen molar-refractivity contribution in [1.29, 1.82) is 0 Å². The van der Waals surface area contributed by atoms with Gasteiger partial charge in [0.1, 0.15) is 0 Å². The number of carbonyl (C=O) groups excluding carboxylic acids is 1. The first-order chi connectivity index (χ1) is 10.6. The molecule has 110 valence electrons. The molecule has 22 heavy (non-hydrogen) atoms. The molecule has 0 saturated heterocycles. The molecule has 0 unspecified atom stereocenters. The lowest BCUT2D eigenvalue weighted by molar-refractivity contribution is 0.102. The van der Waals surface area contributed by atoms with E-state index in [2.05, 4.69) is 26.3 Å². The summed E-state index contributed by atoms with van der Waals surface area (Å²) in [6, 6.07) is 14.9. The van der Waals surface area contributed by atoms with Crippen molar-refractivity contribution in [3.8, 4) is 5.69 Å². The molecule has 3 rings (SSSR count). The number of carbonyl (C=O) groups is 1. The Balaban J connectivity index is 1.77. The number of halogens is 1. The van der Waals surface area contributed by atoms with Crippen LogP contribution in [0, 0.1) is 6.92 Å². The zero-order valence-electron chi connectivity index (χ0n) is 12.0. The summed E-state index contributed by atoms with van der Waals surface area (Å²) in [4.78, 5) is 12.3. The van der Waals surface area contributed by atoms with Gasteiger partial charge in [-0.25, -0.2) is 4.68 Å². The molecule has 2 aromatic carbocycles. The summed E-state index contributed by atoms with van der Waals surface area (Å²) in [6.07, 6.45) is 3.58. The Morgan fingerprint density at radius 1 is 1.18 bits per heavy atom. The van der Waals surface area contributed by atoms with Crippen LogP contribution < -0.4 is 5.32 Å². The van der Waals surface area contributed by atoms with Gasteiger partial charge >= 0.3 is 0 Å². The van der Waals surface area contributed by atoms with Gasteiger partial charge in [0.15, 0.2) is 0 Å². The predicted molar refractivity (Wildman–Crippen MR) is 90.4 cm³/mol. The van der Waals surface area contributed by atoms with E-state index in [-0.39, 0.29) is 5.91 Å². The number of aryl methyl sites for hydroxylation is 1. The maximum absolute atomic E-state index is 12.3. The number of rotatable bonds is 3. The van der Waals surface area contributed by atoms with Crippen LogP contribution in [0.25, 0.3) is 5.69 Å². The number of nitrogens with one attached hydrogen (secondary N) is 1. The van der Waals surface area contributed by atoms with Crippen LogP contribution in [-0.2, 0) is 0 Å². The van der Waals surface area contributed by atoms with Crippen LogP contribution in [0.5, 0.6) is 0 Å². The van der Waals surface area contributed by atoms with Crippen molar-refractivity contribution in [3.05, 3.63) is 76.5 Å². The largest absolute Gasteiger partial charge is 0.322 e. The molecule has 0 aliphatic heterocycles. The van der Waals surface area contributed by atoms with Crippen molar-refractivity contribution in [2.24, 2.45) is 0 Å². The molecule has 0 fully saturated rings. The SMILES string of the molecule is Cc1cc(Br)ccc1NC(=O)c1ccc(-n2cccn2)cc1. The summed E-state index contributed by atoms with van der Waals surface area (Å²) in [7, 11) is 0. The second-order valence-electron chi connectivity index (χ2n) is 4.91. The van der Waals surface area contributed by atoms with Gasteiger partial charge in [-0.3, -0.25) is 4.79 Å². The fraction of sp³-hybridized carbons (Fsp3) is 0.0588. The van der Waals surface area contributed by atoms with Crippen LogP contribution in [0.15, 0.2) is 65.4 Å². The maximum Gasteiger partial charge on any atom is 0.255 e. The third-order valence-corrected chi connectivity index (χ3v) is 3.83. The van der Waals surface area contributed by atoms with Crippen LogP contribution in [-0.4, -0.2) is 15.7 Å². The van der Waals surface area contributed by atoms with Gasteiger partial charge < -0.3 is 5.32 Å². The van der Waals surface area contributed by atoms with E-state index < -0.39 is 0 Å². The highest BCUT2D eigenvalue weighted by atomic mass is 79.9. The minimum Gasteiger partial charge on any atom is -0.322 e. The molecule has 0 atom stereocenters. The van der Waals surface area contributed by atoms with Crippen molar-refractivity contribution in [2.45, 2.75) is 6.92 Å². The molecule has 0 saturated carbocycles. The van der Waals surface area contributed by atoms with Gasteiger partial charge in [0.2, 0.25) is 0 Å². The quantitative estimate of drug-likeness (QED) is 0.765. The van der Waals surface area contributed by atoms with Crippen LogP contribution in [0.3, 0.4) is 0 Å². The lowest BCUT2D eigenvalue weighted by Crippen LogP contribution is -2.12. The Morgan fingerprint density at radius 2 is 1.95 bits per heavy atom. The molecule has 0 radical (unpaired) electrons. The summed E-state index contributed by atoms with van der Waals surface area (Å²) in [5.41, 5.74) is 3.35. The lowest BCUT2D eigenvalue weighted by atomic mass is 10.1. The van der Waals surface area contributed by atoms with Crippen molar-refractivity contribution >= 4 is 27.5 Å². The minimum absolute atomic E-state index is 0.127. The average molecular weight is 356 g/mol. The first-order valence-electron chi connectivity index (χ1n) is 6.81. The third kappa shape index (κ3) is 3.09. The highest BCUT2D eigenvalue weighted by Crippen LogP contribution is 2.21. The molecule has 0 spiro atoms. The Morgan fingerprint density at radius 3 is 2.59 bits per heavy atom. The molecular formula is C17H14BrN3O. The standard InChI is InChI=1S/C17H14BrN3O/c1-12-11-14(18)5-8-16(12)20-17(22)13-3-6-15(7-4-13)21-10-2-9-19-21/h2-11H,1H3,(H,20,22). The molecule has 3 aromatic rings. The van der Waals surface area contributed by atoms with Gasteiger partial charge in [0, 0.05) is 28.1 Å². The molecule has 1 N–H and O–H groups in total. The monoisotopic (exact) mass is 355 g/mol. The van der Waals surface area contributed by atoms with E-state index in [1.165, 1.54) is 0 Å². The van der Waals surface area contributed by atoms with Crippen molar-refractivity contribution in [2.75, 3.05) is 5.32 Å². The molecule has 5 heteroatoms. The molecule has 4 nitrogen and oxygen atoms in total. The van der Waals surface area contributed by atoms with Crippen molar-refractivity contribution < 1.29 is 4.79 Å². The molecule has 0 aliphatic carbocycles. The van der Waals surface area contributed by atoms with Gasteiger partial charge in [0.05, 0.1) is 5.69 Å². The first kappa shape index (κ1) is 14.5. The number of aromatic nitrogens is 2. The van der Waals surface area contributed by atoms with E-state index in [1.54, 1.807) is 23.0 Å². The van der Waals surface area contributed by atoms with Gasteiger partial charge in [0.25, 0.3) is 5.91 Å². The number of nitrogens with zero attached hydrogens (tertiary/aromatic N) is 2. The Kier molecular flexibility index (Phi) is 4.06. The lowest BCUT2D eigenvalue weighted by Gasteiger charge is -2.09. The van der Waals surface area contributed by atoms with Gasteiger partial charge in [-0.1, -0.05) is 15.9 Å². The summed E-state index contributed by atoms with van der Waals surface area (Å²) < 4.78 is 2.74. The van der Waals surface area contributed by atoms with Gasteiger partial charge in [-0.2, -0.15) is 5.10 Å². The molecule has 0 aliphatic rings. The van der Waals surface area contributed by atoms with E-state index in [1.807, 2.05) is 49.5 Å². The number of benzene rings is 2. The van der Waals surface area contributed by atoms with E-state index in [9.17, 15) is 4.79 Å². The van der Waals surface area contributed by atoms with Crippen molar-refractivity contribution in [1.82, 2.24) is 9.78 Å². The summed E-state index contributed by atoms with van der Waals surface area (Å²) in [6.45, 7) is 1.96. The minimum atomic E-state index is -0.127. The van der Waals surface area contributed by atoms with E-state index >= 15 is 0 Å². The van der Waals surface area contributed by atoms with Gasteiger partial charge in [-0.15, -0.1) is 0 Å². The van der Waals surface area contributed by atoms with E-state index in [0.717, 1.165) is 21.4 Å². The zero-order chi connectivity index (χ0) is 15.5. The van der Waals surface area contributed by atoms with Crippen molar-refractivity contribution in [3.63, 3.8) is 0 Å². The van der Waals surface area contributed by atoms with E-state index in [4.69, 9.17) is 0 Å². The normalized spacial score (nSPS) is 10.5. The number of hydrogen-bond acceptors (Lipinski definition) is 2. The van der Waals surface area contributed by atoms with Crippen LogP contribution >= 0.6 is 15.9 Å². The maximum atomic E-state index is 12.3. The first-order valence-corrected chi connectivity index (χ1v) is 7.60.